The first-order valence-electron chi connectivity index (χ1n) is 5.90. The smallest absolute Gasteiger partial charge is 0.175 e. The van der Waals surface area contributed by atoms with Crippen LogP contribution in [0, 0.1) is 5.82 Å². The molecule has 0 amide bonds. The van der Waals surface area contributed by atoms with Crippen LogP contribution in [-0.2, 0) is 5.41 Å². The van der Waals surface area contributed by atoms with Gasteiger partial charge in [0.15, 0.2) is 11.5 Å². The van der Waals surface area contributed by atoms with Crippen LogP contribution >= 0.6 is 15.9 Å². The van der Waals surface area contributed by atoms with Gasteiger partial charge in [-0.3, -0.25) is 0 Å². The Hall–Kier alpha value is -0.810. The molecule has 3 nitrogen and oxygen atoms in total. The third-order valence-corrected chi connectivity index (χ3v) is 4.37. The molecule has 1 aliphatic rings. The van der Waals surface area contributed by atoms with Crippen LogP contribution in [-0.4, -0.2) is 20.8 Å². The molecule has 0 bridgehead atoms. The predicted octanol–water partition coefficient (Wildman–Crippen LogP) is 2.99. The van der Waals surface area contributed by atoms with E-state index in [1.165, 1.54) is 13.2 Å². The maximum absolute atomic E-state index is 14.3. The first-order valence-corrected chi connectivity index (χ1v) is 6.69. The normalized spacial score (nSPS) is 17.2. The molecule has 1 saturated carbocycles. The fraction of sp³-hybridized carbons (Fsp3) is 0.538. The first-order chi connectivity index (χ1) is 8.59. The van der Waals surface area contributed by atoms with Gasteiger partial charge in [-0.15, -0.1) is 0 Å². The highest BCUT2D eigenvalue weighted by Gasteiger charge is 2.43. The molecule has 1 aromatic rings. The summed E-state index contributed by atoms with van der Waals surface area (Å²) in [5.74, 6) is 0.688. The molecule has 0 atom stereocenters. The Morgan fingerprint density at radius 3 is 2.33 bits per heavy atom. The zero-order chi connectivity index (χ0) is 13.3. The third-order valence-electron chi connectivity index (χ3n) is 3.78. The molecule has 0 heterocycles. The van der Waals surface area contributed by atoms with E-state index in [4.69, 9.17) is 15.2 Å². The topological polar surface area (TPSA) is 44.5 Å². The van der Waals surface area contributed by atoms with Gasteiger partial charge in [-0.1, -0.05) is 6.42 Å². The molecule has 1 aliphatic carbocycles. The van der Waals surface area contributed by atoms with Gasteiger partial charge in [-0.2, -0.15) is 0 Å². The Morgan fingerprint density at radius 1 is 1.33 bits per heavy atom. The van der Waals surface area contributed by atoms with Crippen LogP contribution in [0.15, 0.2) is 10.5 Å². The number of halogens is 2. The third kappa shape index (κ3) is 1.89. The number of ether oxygens (including phenoxy) is 2. The Morgan fingerprint density at radius 2 is 1.94 bits per heavy atom. The summed E-state index contributed by atoms with van der Waals surface area (Å²) >= 11 is 3.29. The summed E-state index contributed by atoms with van der Waals surface area (Å²) in [6, 6.07) is 1.42. The van der Waals surface area contributed by atoms with Crippen molar-refractivity contribution in [2.45, 2.75) is 24.7 Å². The van der Waals surface area contributed by atoms with Crippen LogP contribution < -0.4 is 15.2 Å². The van der Waals surface area contributed by atoms with Crippen molar-refractivity contribution in [2.24, 2.45) is 5.73 Å². The Kier molecular flexibility index (Phi) is 3.82. The number of benzene rings is 1. The van der Waals surface area contributed by atoms with Crippen molar-refractivity contribution < 1.29 is 13.9 Å². The highest BCUT2D eigenvalue weighted by atomic mass is 79.9. The maximum atomic E-state index is 14.3. The number of hydrogen-bond donors (Lipinski definition) is 1. The van der Waals surface area contributed by atoms with E-state index < -0.39 is 0 Å². The molecular weight excluding hydrogens is 301 g/mol. The molecule has 0 aliphatic heterocycles. The number of hydrogen-bond acceptors (Lipinski definition) is 3. The Bertz CT molecular complexity index is 455. The van der Waals surface area contributed by atoms with Crippen molar-refractivity contribution in [3.8, 4) is 11.5 Å². The van der Waals surface area contributed by atoms with Crippen LogP contribution in [0.4, 0.5) is 4.39 Å². The van der Waals surface area contributed by atoms with E-state index in [2.05, 4.69) is 15.9 Å². The van der Waals surface area contributed by atoms with Crippen molar-refractivity contribution in [3.05, 3.63) is 21.9 Å². The zero-order valence-electron chi connectivity index (χ0n) is 10.6. The monoisotopic (exact) mass is 317 g/mol. The standard InChI is InChI=1S/C13H17BrFNO2/c1-17-11-8(14)6-9(15)10(12(11)18-2)13(7-16)4-3-5-13/h6H,3-5,7,16H2,1-2H3. The second kappa shape index (κ2) is 5.05. The fourth-order valence-corrected chi connectivity index (χ4v) is 3.16. The maximum Gasteiger partial charge on any atom is 0.175 e. The highest BCUT2D eigenvalue weighted by Crippen LogP contribution is 2.51. The largest absolute Gasteiger partial charge is 0.492 e. The van der Waals surface area contributed by atoms with Crippen LogP contribution in [0.3, 0.4) is 0 Å². The summed E-state index contributed by atoms with van der Waals surface area (Å²) in [6.07, 6.45) is 2.85. The van der Waals surface area contributed by atoms with Crippen molar-refractivity contribution in [1.29, 1.82) is 0 Å². The molecule has 0 spiro atoms. The van der Waals surface area contributed by atoms with Gasteiger partial charge in [0.2, 0.25) is 0 Å². The van der Waals surface area contributed by atoms with E-state index >= 15 is 0 Å². The summed E-state index contributed by atoms with van der Waals surface area (Å²) in [6.45, 7) is 0.422. The SMILES string of the molecule is COc1c(Br)cc(F)c(C2(CN)CCC2)c1OC. The quantitative estimate of drug-likeness (QED) is 0.928. The molecule has 2 N–H and O–H groups in total. The first kappa shape index (κ1) is 13.6. The van der Waals surface area contributed by atoms with Crippen molar-refractivity contribution >= 4 is 15.9 Å². The lowest BCUT2D eigenvalue weighted by atomic mass is 9.64. The Labute approximate surface area is 115 Å². The van der Waals surface area contributed by atoms with Crippen molar-refractivity contribution in [3.63, 3.8) is 0 Å². The zero-order valence-corrected chi connectivity index (χ0v) is 12.1. The molecule has 0 unspecified atom stereocenters. The molecular formula is C13H17BrFNO2. The van der Waals surface area contributed by atoms with Crippen molar-refractivity contribution in [1.82, 2.24) is 0 Å². The van der Waals surface area contributed by atoms with Gasteiger partial charge in [-0.05, 0) is 34.8 Å². The molecule has 2 rings (SSSR count). The molecule has 0 aromatic heterocycles. The molecule has 1 fully saturated rings. The lowest BCUT2D eigenvalue weighted by Gasteiger charge is -2.42. The highest BCUT2D eigenvalue weighted by molar-refractivity contribution is 9.10. The molecule has 5 heteroatoms. The van der Waals surface area contributed by atoms with Gasteiger partial charge < -0.3 is 15.2 Å². The summed E-state index contributed by atoms with van der Waals surface area (Å²) in [4.78, 5) is 0. The van der Waals surface area contributed by atoms with Crippen molar-refractivity contribution in [2.75, 3.05) is 20.8 Å². The van der Waals surface area contributed by atoms with Gasteiger partial charge in [0.25, 0.3) is 0 Å². The molecule has 0 saturated heterocycles. The second-order valence-electron chi connectivity index (χ2n) is 4.62. The van der Waals surface area contributed by atoms with E-state index in [-0.39, 0.29) is 11.2 Å². The number of methoxy groups -OCH3 is 2. The van der Waals surface area contributed by atoms with Gasteiger partial charge in [0.1, 0.15) is 5.82 Å². The second-order valence-corrected chi connectivity index (χ2v) is 5.47. The number of rotatable bonds is 4. The average Bonchev–Trinajstić information content (AvgIpc) is 2.30. The average molecular weight is 318 g/mol. The van der Waals surface area contributed by atoms with Gasteiger partial charge in [0, 0.05) is 17.5 Å². The molecule has 18 heavy (non-hydrogen) atoms. The summed E-state index contributed by atoms with van der Waals surface area (Å²) in [5, 5.41) is 0. The van der Waals surface area contributed by atoms with Crippen LogP contribution in [0.25, 0.3) is 0 Å². The summed E-state index contributed by atoms with van der Waals surface area (Å²) < 4.78 is 25.5. The van der Waals surface area contributed by atoms with Gasteiger partial charge in [-0.25, -0.2) is 4.39 Å². The molecule has 1 aromatic carbocycles. The predicted molar refractivity (Wildman–Crippen MR) is 71.8 cm³/mol. The van der Waals surface area contributed by atoms with E-state index in [1.807, 2.05) is 0 Å². The molecule has 0 radical (unpaired) electrons. The Balaban J connectivity index is 2.65. The van der Waals surface area contributed by atoms with E-state index in [0.29, 0.717) is 28.1 Å². The summed E-state index contributed by atoms with van der Waals surface area (Å²) in [7, 11) is 3.07. The van der Waals surface area contributed by atoms with Gasteiger partial charge in [0.05, 0.1) is 18.7 Å². The van der Waals surface area contributed by atoms with Crippen LogP contribution in [0.1, 0.15) is 24.8 Å². The minimum absolute atomic E-state index is 0.287. The fourth-order valence-electron chi connectivity index (χ4n) is 2.62. The summed E-state index contributed by atoms with van der Waals surface area (Å²) in [5.41, 5.74) is 6.10. The number of nitrogens with two attached hydrogens (primary N) is 1. The van der Waals surface area contributed by atoms with E-state index in [9.17, 15) is 4.39 Å². The molecule has 100 valence electrons. The lowest BCUT2D eigenvalue weighted by molar-refractivity contribution is 0.231. The van der Waals surface area contributed by atoms with Crippen LogP contribution in [0.2, 0.25) is 0 Å². The van der Waals surface area contributed by atoms with E-state index in [0.717, 1.165) is 19.3 Å². The lowest BCUT2D eigenvalue weighted by Crippen LogP contribution is -2.42. The minimum Gasteiger partial charge on any atom is -0.492 e. The minimum atomic E-state index is -0.302. The van der Waals surface area contributed by atoms with Gasteiger partial charge >= 0.3 is 0 Å². The van der Waals surface area contributed by atoms with Crippen LogP contribution in [0.5, 0.6) is 11.5 Å². The van der Waals surface area contributed by atoms with E-state index in [1.54, 1.807) is 7.11 Å².